The molecule has 2 aliphatic heterocycles. The Hall–Kier alpha value is -3.89. The fourth-order valence-electron chi connectivity index (χ4n) is 5.12. The lowest BCUT2D eigenvalue weighted by atomic mass is 10.1. The Morgan fingerprint density at radius 1 is 1.13 bits per heavy atom. The molecule has 2 saturated heterocycles. The van der Waals surface area contributed by atoms with Gasteiger partial charge in [-0.1, -0.05) is 17.7 Å². The average Bonchev–Trinajstić information content (AvgIpc) is 3.62. The van der Waals surface area contributed by atoms with E-state index < -0.39 is 0 Å². The maximum Gasteiger partial charge on any atom is 0.245 e. The van der Waals surface area contributed by atoms with Gasteiger partial charge in [0, 0.05) is 37.6 Å². The lowest BCUT2D eigenvalue weighted by molar-refractivity contribution is -0.136. The molecule has 1 unspecified atom stereocenters. The molecule has 4 aromatic rings. The van der Waals surface area contributed by atoms with Gasteiger partial charge in [0.05, 0.1) is 49.1 Å². The van der Waals surface area contributed by atoms with Gasteiger partial charge >= 0.3 is 0 Å². The minimum atomic E-state index is -0.177. The molecule has 0 spiro atoms. The van der Waals surface area contributed by atoms with E-state index >= 15 is 0 Å². The first-order valence-electron chi connectivity index (χ1n) is 12.7. The number of morpholine rings is 1. The topological polar surface area (TPSA) is 97.1 Å². The summed E-state index contributed by atoms with van der Waals surface area (Å²) in [5.74, 6) is 1.17. The maximum atomic E-state index is 13.2. The number of amides is 1. The Bertz CT molecular complexity index is 1470. The number of aromatic nitrogens is 4. The number of halogens is 1. The number of nitrogens with zero attached hydrogens (tertiary/aromatic N) is 6. The molecule has 0 saturated carbocycles. The fourth-order valence-corrected chi connectivity index (χ4v) is 5.31. The van der Waals surface area contributed by atoms with Crippen LogP contribution in [-0.4, -0.2) is 76.2 Å². The number of hydrogen-bond acceptors (Lipinski definition) is 8. The van der Waals surface area contributed by atoms with Gasteiger partial charge in [0.15, 0.2) is 0 Å². The number of carbonyl (C=O) groups is 1. The molecule has 11 heteroatoms. The predicted octanol–water partition coefficient (Wildman–Crippen LogP) is 4.02. The molecule has 1 amide bonds. The van der Waals surface area contributed by atoms with Crippen molar-refractivity contribution in [2.75, 3.05) is 50.2 Å². The van der Waals surface area contributed by atoms with E-state index in [-0.39, 0.29) is 11.9 Å². The van der Waals surface area contributed by atoms with Crippen LogP contribution in [0.4, 0.5) is 17.3 Å². The second-order valence-corrected chi connectivity index (χ2v) is 9.67. The number of carbonyl (C=O) groups excluding carboxylic acids is 1. The molecule has 1 atom stereocenters. The van der Waals surface area contributed by atoms with E-state index in [1.54, 1.807) is 19.5 Å². The van der Waals surface area contributed by atoms with Crippen LogP contribution < -0.4 is 15.0 Å². The van der Waals surface area contributed by atoms with E-state index in [1.165, 1.54) is 0 Å². The summed E-state index contributed by atoms with van der Waals surface area (Å²) in [6.07, 6.45) is 7.03. The van der Waals surface area contributed by atoms with Crippen LogP contribution in [-0.2, 0) is 9.53 Å². The van der Waals surface area contributed by atoms with Crippen molar-refractivity contribution in [3.8, 4) is 17.1 Å². The minimum Gasteiger partial charge on any atom is -0.494 e. The molecule has 0 radical (unpaired) electrons. The van der Waals surface area contributed by atoms with E-state index in [0.717, 1.165) is 36.4 Å². The second kappa shape index (κ2) is 10.5. The van der Waals surface area contributed by atoms with Crippen LogP contribution in [0.15, 0.2) is 55.0 Å². The molecular formula is C27H28ClN7O3. The summed E-state index contributed by atoms with van der Waals surface area (Å²) in [6.45, 7) is 3.30. The lowest BCUT2D eigenvalue weighted by Gasteiger charge is -2.33. The van der Waals surface area contributed by atoms with Crippen LogP contribution >= 0.6 is 11.6 Å². The summed E-state index contributed by atoms with van der Waals surface area (Å²) in [7, 11) is 1.62. The number of imidazole rings is 1. The largest absolute Gasteiger partial charge is 0.494 e. The van der Waals surface area contributed by atoms with Gasteiger partial charge in [0.1, 0.15) is 23.1 Å². The summed E-state index contributed by atoms with van der Waals surface area (Å²) in [5, 5.41) is 3.69. The van der Waals surface area contributed by atoms with Crippen molar-refractivity contribution in [1.82, 2.24) is 24.3 Å². The number of methoxy groups -OCH3 is 1. The zero-order chi connectivity index (χ0) is 26.1. The first kappa shape index (κ1) is 24.4. The number of pyridine rings is 1. The monoisotopic (exact) mass is 533 g/mol. The van der Waals surface area contributed by atoms with Crippen LogP contribution in [0.5, 0.6) is 5.75 Å². The Morgan fingerprint density at radius 3 is 2.84 bits per heavy atom. The summed E-state index contributed by atoms with van der Waals surface area (Å²) < 4.78 is 13.1. The van der Waals surface area contributed by atoms with E-state index in [1.807, 2.05) is 51.9 Å². The van der Waals surface area contributed by atoms with Gasteiger partial charge in [-0.3, -0.25) is 9.20 Å². The normalized spacial score (nSPS) is 17.7. The quantitative estimate of drug-likeness (QED) is 0.397. The van der Waals surface area contributed by atoms with E-state index in [2.05, 4.69) is 25.2 Å². The number of rotatable bonds is 6. The average molecular weight is 534 g/mol. The highest BCUT2D eigenvalue weighted by Crippen LogP contribution is 2.35. The Labute approximate surface area is 225 Å². The van der Waals surface area contributed by atoms with Gasteiger partial charge < -0.3 is 24.6 Å². The van der Waals surface area contributed by atoms with E-state index in [9.17, 15) is 4.79 Å². The number of benzene rings is 1. The summed E-state index contributed by atoms with van der Waals surface area (Å²) in [4.78, 5) is 30.8. The van der Waals surface area contributed by atoms with Gasteiger partial charge in [-0.05, 0) is 37.1 Å². The Morgan fingerprint density at radius 2 is 2.00 bits per heavy atom. The summed E-state index contributed by atoms with van der Waals surface area (Å²) in [5.41, 5.74) is 3.79. The zero-order valence-electron chi connectivity index (χ0n) is 21.0. The van der Waals surface area contributed by atoms with Crippen LogP contribution in [0.2, 0.25) is 5.02 Å². The third kappa shape index (κ3) is 4.61. The van der Waals surface area contributed by atoms with Gasteiger partial charge in [-0.15, -0.1) is 0 Å². The summed E-state index contributed by atoms with van der Waals surface area (Å²) >= 11 is 6.48. The molecule has 1 N–H and O–H groups in total. The SMILES string of the molecule is COc1cc(N2CCCC2C(=O)N2CCOCC2)ccc1Nc1ncc(Cl)c(-c2cnc3ccccn23)n1. The highest BCUT2D eigenvalue weighted by molar-refractivity contribution is 6.32. The van der Waals surface area contributed by atoms with Crippen molar-refractivity contribution in [2.45, 2.75) is 18.9 Å². The van der Waals surface area contributed by atoms with Crippen molar-refractivity contribution >= 4 is 40.5 Å². The first-order valence-corrected chi connectivity index (χ1v) is 13.0. The van der Waals surface area contributed by atoms with Crippen LogP contribution in [0.25, 0.3) is 17.0 Å². The number of fused-ring (bicyclic) bond motifs is 1. The van der Waals surface area contributed by atoms with E-state index in [4.69, 9.17) is 21.1 Å². The molecule has 1 aromatic carbocycles. The summed E-state index contributed by atoms with van der Waals surface area (Å²) in [6, 6.07) is 11.5. The third-order valence-electron chi connectivity index (χ3n) is 7.03. The zero-order valence-corrected chi connectivity index (χ0v) is 21.8. The van der Waals surface area contributed by atoms with E-state index in [0.29, 0.717) is 54.4 Å². The second-order valence-electron chi connectivity index (χ2n) is 9.26. The number of hydrogen-bond donors (Lipinski definition) is 1. The highest BCUT2D eigenvalue weighted by atomic mass is 35.5. The molecular weight excluding hydrogens is 506 g/mol. The lowest BCUT2D eigenvalue weighted by Crippen LogP contribution is -2.49. The maximum absolute atomic E-state index is 13.2. The van der Waals surface area contributed by atoms with Gasteiger partial charge in [-0.25, -0.2) is 15.0 Å². The van der Waals surface area contributed by atoms with Crippen LogP contribution in [0, 0.1) is 0 Å². The molecule has 0 aliphatic carbocycles. The molecule has 2 aliphatic rings. The smallest absolute Gasteiger partial charge is 0.245 e. The molecule has 6 rings (SSSR count). The molecule has 0 bridgehead atoms. The standard InChI is InChI=1S/C27H28ClN7O3/c1-37-23-15-18(34-10-4-5-21(34)26(36)33-11-13-38-14-12-33)7-8-20(23)31-27-30-16-19(28)25(32-27)22-17-29-24-6-2-3-9-35(22)24/h2-3,6-9,15-17,21H,4-5,10-14H2,1H3,(H,30,31,32). The number of ether oxygens (including phenoxy) is 2. The molecule has 10 nitrogen and oxygen atoms in total. The van der Waals surface area contributed by atoms with Gasteiger partial charge in [-0.2, -0.15) is 0 Å². The minimum absolute atomic E-state index is 0.168. The van der Waals surface area contributed by atoms with Crippen molar-refractivity contribution in [3.63, 3.8) is 0 Å². The molecule has 196 valence electrons. The van der Waals surface area contributed by atoms with Crippen molar-refractivity contribution in [1.29, 1.82) is 0 Å². The van der Waals surface area contributed by atoms with Crippen molar-refractivity contribution in [2.24, 2.45) is 0 Å². The highest BCUT2D eigenvalue weighted by Gasteiger charge is 2.34. The number of nitrogens with one attached hydrogen (secondary N) is 1. The third-order valence-corrected chi connectivity index (χ3v) is 7.30. The van der Waals surface area contributed by atoms with Gasteiger partial charge in [0.25, 0.3) is 0 Å². The van der Waals surface area contributed by atoms with Crippen LogP contribution in [0.1, 0.15) is 12.8 Å². The van der Waals surface area contributed by atoms with Gasteiger partial charge in [0.2, 0.25) is 11.9 Å². The predicted molar refractivity (Wildman–Crippen MR) is 145 cm³/mol. The Kier molecular flexibility index (Phi) is 6.73. The van der Waals surface area contributed by atoms with Crippen LogP contribution in [0.3, 0.4) is 0 Å². The number of anilines is 3. The molecule has 38 heavy (non-hydrogen) atoms. The molecule has 3 aromatic heterocycles. The van der Waals surface area contributed by atoms with Crippen molar-refractivity contribution < 1.29 is 14.3 Å². The Balaban J connectivity index is 1.25. The molecule has 2 fully saturated rings. The fraction of sp³-hybridized carbons (Fsp3) is 0.333. The van der Waals surface area contributed by atoms with Crippen molar-refractivity contribution in [3.05, 3.63) is 60.0 Å². The molecule has 5 heterocycles. The first-order chi connectivity index (χ1) is 18.6.